The third-order valence-corrected chi connectivity index (χ3v) is 4.69. The number of para-hydroxylation sites is 2. The van der Waals surface area contributed by atoms with Crippen LogP contribution in [0, 0.1) is 0 Å². The van der Waals surface area contributed by atoms with Gasteiger partial charge < -0.3 is 19.6 Å². The van der Waals surface area contributed by atoms with E-state index < -0.39 is 0 Å². The fraction of sp³-hybridized carbons (Fsp3) is 0.250. The van der Waals surface area contributed by atoms with Crippen molar-refractivity contribution in [2.75, 3.05) is 43.4 Å². The Hall–Kier alpha value is -3.19. The summed E-state index contributed by atoms with van der Waals surface area (Å²) >= 11 is 0. The minimum Gasteiger partial charge on any atom is -0.367 e. The minimum absolute atomic E-state index is 0.238. The van der Waals surface area contributed by atoms with Crippen LogP contribution in [0.5, 0.6) is 0 Å². The molecule has 1 fully saturated rings. The van der Waals surface area contributed by atoms with Gasteiger partial charge in [-0.15, -0.1) is 0 Å². The zero-order valence-corrected chi connectivity index (χ0v) is 15.1. The van der Waals surface area contributed by atoms with Crippen LogP contribution >= 0.6 is 0 Å². The molecule has 1 saturated heterocycles. The van der Waals surface area contributed by atoms with Crippen LogP contribution in [-0.4, -0.2) is 54.2 Å². The predicted molar refractivity (Wildman–Crippen MR) is 104 cm³/mol. The van der Waals surface area contributed by atoms with Crippen LogP contribution in [0.3, 0.4) is 0 Å². The number of anilines is 2. The molecule has 1 aliphatic heterocycles. The van der Waals surface area contributed by atoms with Gasteiger partial charge in [-0.05, 0) is 31.3 Å². The number of carbonyl (C=O) groups excluding carboxylic acids is 1. The maximum Gasteiger partial charge on any atom is 0.277 e. The average Bonchev–Trinajstić information content (AvgIpc) is 3.20. The molecule has 2 aromatic heterocycles. The van der Waals surface area contributed by atoms with Gasteiger partial charge in [0.15, 0.2) is 11.5 Å². The molecule has 27 heavy (non-hydrogen) atoms. The summed E-state index contributed by atoms with van der Waals surface area (Å²) in [5.41, 5.74) is 2.82. The van der Waals surface area contributed by atoms with Crippen LogP contribution in [0.2, 0.25) is 0 Å². The van der Waals surface area contributed by atoms with Gasteiger partial charge in [0.2, 0.25) is 0 Å². The lowest BCUT2D eigenvalue weighted by Crippen LogP contribution is -2.44. The number of nitrogens with zero attached hydrogens (tertiary/aromatic N) is 4. The number of carbonyl (C=O) groups is 1. The minimum atomic E-state index is -0.296. The number of likely N-dealkylation sites (N-methyl/N-ethyl adjacent to an activating group) is 1. The summed E-state index contributed by atoms with van der Waals surface area (Å²) in [5.74, 6) is 0.219. The number of aromatic nitrogens is 2. The summed E-state index contributed by atoms with van der Waals surface area (Å²) in [4.78, 5) is 21.3. The Bertz CT molecular complexity index is 917. The topological polar surface area (TPSA) is 74.5 Å². The quantitative estimate of drug-likeness (QED) is 0.768. The van der Waals surface area contributed by atoms with Crippen LogP contribution in [0.15, 0.2) is 59.4 Å². The molecule has 1 N–H and O–H groups in total. The lowest BCUT2D eigenvalue weighted by atomic mass is 10.2. The standard InChI is InChI=1S/C20H21N5O2/c1-24-9-11-25(12-10-24)18-7-3-2-6-16(18)22-20(26)17-13-19(27-23-17)15-5-4-8-21-14-15/h2-8,13-14H,9-12H2,1H3,(H,22,26). The summed E-state index contributed by atoms with van der Waals surface area (Å²) in [6.45, 7) is 3.86. The van der Waals surface area contributed by atoms with E-state index in [-0.39, 0.29) is 11.6 Å². The first-order valence-electron chi connectivity index (χ1n) is 8.92. The van der Waals surface area contributed by atoms with Crippen molar-refractivity contribution < 1.29 is 9.32 Å². The number of hydrogen-bond acceptors (Lipinski definition) is 6. The highest BCUT2D eigenvalue weighted by atomic mass is 16.5. The number of nitrogens with one attached hydrogen (secondary N) is 1. The molecular weight excluding hydrogens is 342 g/mol. The van der Waals surface area contributed by atoms with Crippen LogP contribution in [0.1, 0.15) is 10.5 Å². The number of pyridine rings is 1. The molecule has 0 bridgehead atoms. The molecule has 3 heterocycles. The van der Waals surface area contributed by atoms with Gasteiger partial charge in [-0.3, -0.25) is 9.78 Å². The molecule has 4 rings (SSSR count). The maximum atomic E-state index is 12.7. The van der Waals surface area contributed by atoms with Crippen molar-refractivity contribution in [3.63, 3.8) is 0 Å². The van der Waals surface area contributed by atoms with Gasteiger partial charge >= 0.3 is 0 Å². The average molecular weight is 363 g/mol. The normalized spacial score (nSPS) is 14.9. The molecular formula is C20H21N5O2. The lowest BCUT2D eigenvalue weighted by molar-refractivity contribution is 0.101. The van der Waals surface area contributed by atoms with Gasteiger partial charge in [0.25, 0.3) is 5.91 Å². The molecule has 7 nitrogen and oxygen atoms in total. The first kappa shape index (κ1) is 17.2. The summed E-state index contributed by atoms with van der Waals surface area (Å²) < 4.78 is 5.30. The number of benzene rings is 1. The third-order valence-electron chi connectivity index (χ3n) is 4.69. The molecule has 0 unspecified atom stereocenters. The van der Waals surface area contributed by atoms with Crippen LogP contribution in [-0.2, 0) is 0 Å². The first-order chi connectivity index (χ1) is 13.2. The van der Waals surface area contributed by atoms with E-state index in [0.717, 1.165) is 43.1 Å². The van der Waals surface area contributed by atoms with Gasteiger partial charge in [-0.25, -0.2) is 0 Å². The lowest BCUT2D eigenvalue weighted by Gasteiger charge is -2.35. The Kier molecular flexibility index (Phi) is 4.84. The highest BCUT2D eigenvalue weighted by Gasteiger charge is 2.19. The summed E-state index contributed by atoms with van der Waals surface area (Å²) in [6, 6.07) is 13.1. The second-order valence-corrected chi connectivity index (χ2v) is 6.58. The molecule has 7 heteroatoms. The third kappa shape index (κ3) is 3.83. The van der Waals surface area contributed by atoms with E-state index in [1.807, 2.05) is 36.4 Å². The Morgan fingerprint density at radius 1 is 1.11 bits per heavy atom. The zero-order valence-electron chi connectivity index (χ0n) is 15.1. The van der Waals surface area contributed by atoms with E-state index in [2.05, 4.69) is 32.3 Å². The van der Waals surface area contributed by atoms with Gasteiger partial charge in [-0.1, -0.05) is 17.3 Å². The summed E-state index contributed by atoms with van der Waals surface area (Å²) in [7, 11) is 2.12. The Morgan fingerprint density at radius 3 is 2.70 bits per heavy atom. The van der Waals surface area contributed by atoms with Crippen molar-refractivity contribution >= 4 is 17.3 Å². The monoisotopic (exact) mass is 363 g/mol. The predicted octanol–water partition coefficient (Wildman–Crippen LogP) is 2.74. The number of piperazine rings is 1. The second kappa shape index (κ2) is 7.59. The van der Waals surface area contributed by atoms with Gasteiger partial charge in [-0.2, -0.15) is 0 Å². The smallest absolute Gasteiger partial charge is 0.277 e. The fourth-order valence-corrected chi connectivity index (χ4v) is 3.12. The highest BCUT2D eigenvalue weighted by molar-refractivity contribution is 6.05. The molecule has 0 saturated carbocycles. The molecule has 138 valence electrons. The maximum absolute atomic E-state index is 12.7. The largest absolute Gasteiger partial charge is 0.367 e. The number of amides is 1. The molecule has 1 amide bonds. The van der Waals surface area contributed by atoms with Crippen molar-refractivity contribution in [1.29, 1.82) is 0 Å². The van der Waals surface area contributed by atoms with Crippen molar-refractivity contribution in [2.24, 2.45) is 0 Å². The van der Waals surface area contributed by atoms with E-state index in [1.54, 1.807) is 18.5 Å². The Morgan fingerprint density at radius 2 is 1.93 bits per heavy atom. The SMILES string of the molecule is CN1CCN(c2ccccc2NC(=O)c2cc(-c3cccnc3)on2)CC1. The number of hydrogen-bond donors (Lipinski definition) is 1. The van der Waals surface area contributed by atoms with E-state index in [4.69, 9.17) is 4.52 Å². The highest BCUT2D eigenvalue weighted by Crippen LogP contribution is 2.27. The number of rotatable bonds is 4. The molecule has 1 aromatic carbocycles. The Balaban J connectivity index is 1.51. The van der Waals surface area contributed by atoms with Crippen molar-refractivity contribution in [3.8, 4) is 11.3 Å². The molecule has 1 aliphatic rings. The van der Waals surface area contributed by atoms with Crippen LogP contribution in [0.4, 0.5) is 11.4 Å². The van der Waals surface area contributed by atoms with Crippen molar-refractivity contribution in [1.82, 2.24) is 15.0 Å². The van der Waals surface area contributed by atoms with Crippen LogP contribution in [0.25, 0.3) is 11.3 Å². The van der Waals surface area contributed by atoms with Crippen LogP contribution < -0.4 is 10.2 Å². The van der Waals surface area contributed by atoms with E-state index in [9.17, 15) is 4.79 Å². The summed E-state index contributed by atoms with van der Waals surface area (Å²) in [5, 5.41) is 6.87. The van der Waals surface area contributed by atoms with Gasteiger partial charge in [0.05, 0.1) is 11.4 Å². The van der Waals surface area contributed by atoms with Gasteiger partial charge in [0, 0.05) is 50.2 Å². The van der Waals surface area contributed by atoms with Crippen molar-refractivity contribution in [2.45, 2.75) is 0 Å². The van der Waals surface area contributed by atoms with E-state index in [0.29, 0.717) is 5.76 Å². The Labute approximate surface area is 157 Å². The second-order valence-electron chi connectivity index (χ2n) is 6.58. The first-order valence-corrected chi connectivity index (χ1v) is 8.92. The molecule has 0 radical (unpaired) electrons. The zero-order chi connectivity index (χ0) is 18.6. The molecule has 3 aromatic rings. The van der Waals surface area contributed by atoms with E-state index in [1.165, 1.54) is 0 Å². The van der Waals surface area contributed by atoms with Gasteiger partial charge in [0.1, 0.15) is 0 Å². The van der Waals surface area contributed by atoms with E-state index >= 15 is 0 Å². The van der Waals surface area contributed by atoms with Crippen molar-refractivity contribution in [3.05, 3.63) is 60.6 Å². The molecule has 0 spiro atoms. The molecule has 0 atom stereocenters. The molecule has 0 aliphatic carbocycles. The fourth-order valence-electron chi connectivity index (χ4n) is 3.12. The summed E-state index contributed by atoms with van der Waals surface area (Å²) in [6.07, 6.45) is 3.35.